The number of rotatable bonds is 4. The molecule has 3 heteroatoms. The molecule has 0 atom stereocenters. The molecular formula is C16H19NO2. The molecule has 1 aromatic carbocycles. The van der Waals surface area contributed by atoms with Gasteiger partial charge in [0.2, 0.25) is 5.78 Å². The summed E-state index contributed by atoms with van der Waals surface area (Å²) in [4.78, 5) is 23.4. The SMILES string of the molecule is O=C(/C=C/c1ccccc1)C(=O)NC1CCCCC1. The minimum Gasteiger partial charge on any atom is -0.346 e. The highest BCUT2D eigenvalue weighted by Crippen LogP contribution is 2.17. The highest BCUT2D eigenvalue weighted by molar-refractivity contribution is 6.41. The van der Waals surface area contributed by atoms with Gasteiger partial charge in [-0.15, -0.1) is 0 Å². The molecular weight excluding hydrogens is 238 g/mol. The molecule has 0 unspecified atom stereocenters. The van der Waals surface area contributed by atoms with Gasteiger partial charge in [-0.3, -0.25) is 9.59 Å². The quantitative estimate of drug-likeness (QED) is 0.666. The summed E-state index contributed by atoms with van der Waals surface area (Å²) in [5, 5.41) is 2.82. The number of nitrogens with one attached hydrogen (secondary N) is 1. The molecule has 0 spiro atoms. The Morgan fingerprint density at radius 3 is 2.42 bits per heavy atom. The van der Waals surface area contributed by atoms with Crippen molar-refractivity contribution in [2.24, 2.45) is 0 Å². The lowest BCUT2D eigenvalue weighted by molar-refractivity contribution is -0.135. The van der Waals surface area contributed by atoms with Crippen molar-refractivity contribution in [3.05, 3.63) is 42.0 Å². The first kappa shape index (κ1) is 13.5. The average Bonchev–Trinajstić information content (AvgIpc) is 2.47. The fourth-order valence-electron chi connectivity index (χ4n) is 2.32. The summed E-state index contributed by atoms with van der Waals surface area (Å²) < 4.78 is 0. The summed E-state index contributed by atoms with van der Waals surface area (Å²) in [5.41, 5.74) is 0.918. The maximum absolute atomic E-state index is 11.7. The molecule has 1 amide bonds. The van der Waals surface area contributed by atoms with Gasteiger partial charge >= 0.3 is 0 Å². The van der Waals surface area contributed by atoms with Crippen LogP contribution in [0.25, 0.3) is 6.08 Å². The van der Waals surface area contributed by atoms with E-state index in [9.17, 15) is 9.59 Å². The molecule has 3 nitrogen and oxygen atoms in total. The van der Waals surface area contributed by atoms with Gasteiger partial charge in [0.15, 0.2) is 0 Å². The normalized spacial score (nSPS) is 16.4. The van der Waals surface area contributed by atoms with E-state index in [-0.39, 0.29) is 6.04 Å². The van der Waals surface area contributed by atoms with Crippen LogP contribution in [0.15, 0.2) is 36.4 Å². The van der Waals surface area contributed by atoms with Crippen LogP contribution in [0.5, 0.6) is 0 Å². The fraction of sp³-hybridized carbons (Fsp3) is 0.375. The zero-order valence-electron chi connectivity index (χ0n) is 11.0. The van der Waals surface area contributed by atoms with Crippen molar-refractivity contribution < 1.29 is 9.59 Å². The van der Waals surface area contributed by atoms with Crippen molar-refractivity contribution in [3.63, 3.8) is 0 Å². The maximum Gasteiger partial charge on any atom is 0.291 e. The molecule has 0 aromatic heterocycles. The van der Waals surface area contributed by atoms with Gasteiger partial charge in [0.25, 0.3) is 5.91 Å². The van der Waals surface area contributed by atoms with E-state index in [1.54, 1.807) is 6.08 Å². The average molecular weight is 257 g/mol. The molecule has 100 valence electrons. The van der Waals surface area contributed by atoms with Crippen LogP contribution in [0.4, 0.5) is 0 Å². The number of hydrogen-bond acceptors (Lipinski definition) is 2. The fourth-order valence-corrected chi connectivity index (χ4v) is 2.32. The van der Waals surface area contributed by atoms with Crippen molar-refractivity contribution in [1.82, 2.24) is 5.32 Å². The summed E-state index contributed by atoms with van der Waals surface area (Å²) in [6, 6.07) is 9.66. The molecule has 0 heterocycles. The molecule has 1 aliphatic carbocycles. The minimum atomic E-state index is -0.487. The van der Waals surface area contributed by atoms with Crippen molar-refractivity contribution in [2.75, 3.05) is 0 Å². The van der Waals surface area contributed by atoms with Crippen LogP contribution in [-0.4, -0.2) is 17.7 Å². The summed E-state index contributed by atoms with van der Waals surface area (Å²) >= 11 is 0. The highest BCUT2D eigenvalue weighted by atomic mass is 16.2. The first-order valence-corrected chi connectivity index (χ1v) is 6.83. The van der Waals surface area contributed by atoms with Gasteiger partial charge in [0.1, 0.15) is 0 Å². The van der Waals surface area contributed by atoms with Crippen LogP contribution >= 0.6 is 0 Å². The van der Waals surface area contributed by atoms with E-state index in [2.05, 4.69) is 5.32 Å². The lowest BCUT2D eigenvalue weighted by Crippen LogP contribution is -2.39. The van der Waals surface area contributed by atoms with Gasteiger partial charge in [-0.25, -0.2) is 0 Å². The summed E-state index contributed by atoms with van der Waals surface area (Å²) in [5.74, 6) is -0.964. The monoisotopic (exact) mass is 257 g/mol. The van der Waals surface area contributed by atoms with Crippen molar-refractivity contribution >= 4 is 17.8 Å². The predicted octanol–water partition coefficient (Wildman–Crippen LogP) is 2.72. The Morgan fingerprint density at radius 1 is 1.05 bits per heavy atom. The van der Waals surface area contributed by atoms with Gasteiger partial charge in [0.05, 0.1) is 0 Å². The molecule has 1 aromatic rings. The first-order valence-electron chi connectivity index (χ1n) is 6.83. The highest BCUT2D eigenvalue weighted by Gasteiger charge is 2.18. The third kappa shape index (κ3) is 4.36. The number of carbonyl (C=O) groups excluding carboxylic acids is 2. The maximum atomic E-state index is 11.7. The van der Waals surface area contributed by atoms with Gasteiger partial charge in [0, 0.05) is 6.04 Å². The standard InChI is InChI=1S/C16H19NO2/c18-15(12-11-13-7-3-1-4-8-13)16(19)17-14-9-5-2-6-10-14/h1,3-4,7-8,11-12,14H,2,5-6,9-10H2,(H,17,19)/b12-11+. The van der Waals surface area contributed by atoms with E-state index >= 15 is 0 Å². The largest absolute Gasteiger partial charge is 0.346 e. The number of amides is 1. The number of ketones is 1. The second-order valence-electron chi connectivity index (χ2n) is 4.92. The van der Waals surface area contributed by atoms with Gasteiger partial charge in [-0.1, -0.05) is 55.7 Å². The Bertz CT molecular complexity index is 459. The molecule has 1 N–H and O–H groups in total. The van der Waals surface area contributed by atoms with E-state index in [4.69, 9.17) is 0 Å². The Kier molecular flexibility index (Phi) is 4.90. The Morgan fingerprint density at radius 2 is 1.74 bits per heavy atom. The van der Waals surface area contributed by atoms with Crippen LogP contribution in [0.1, 0.15) is 37.7 Å². The number of carbonyl (C=O) groups is 2. The van der Waals surface area contributed by atoms with E-state index in [1.165, 1.54) is 12.5 Å². The van der Waals surface area contributed by atoms with E-state index < -0.39 is 11.7 Å². The Hall–Kier alpha value is -1.90. The topological polar surface area (TPSA) is 46.2 Å². The zero-order valence-corrected chi connectivity index (χ0v) is 11.0. The van der Waals surface area contributed by atoms with E-state index in [0.29, 0.717) is 0 Å². The molecule has 1 saturated carbocycles. The number of hydrogen-bond donors (Lipinski definition) is 1. The van der Waals surface area contributed by atoms with Gasteiger partial charge in [-0.2, -0.15) is 0 Å². The molecule has 0 radical (unpaired) electrons. The predicted molar refractivity (Wildman–Crippen MR) is 75.5 cm³/mol. The summed E-state index contributed by atoms with van der Waals surface area (Å²) in [6.07, 6.45) is 8.49. The first-order chi connectivity index (χ1) is 9.25. The van der Waals surface area contributed by atoms with Crippen molar-refractivity contribution in [3.8, 4) is 0 Å². The number of benzene rings is 1. The third-order valence-corrected chi connectivity index (χ3v) is 3.39. The molecule has 0 aliphatic heterocycles. The van der Waals surface area contributed by atoms with E-state index in [0.717, 1.165) is 31.2 Å². The van der Waals surface area contributed by atoms with Crippen LogP contribution in [0.3, 0.4) is 0 Å². The van der Waals surface area contributed by atoms with Crippen LogP contribution in [0.2, 0.25) is 0 Å². The van der Waals surface area contributed by atoms with Gasteiger partial charge in [-0.05, 0) is 24.5 Å². The van der Waals surface area contributed by atoms with Crippen LogP contribution < -0.4 is 5.32 Å². The van der Waals surface area contributed by atoms with Crippen molar-refractivity contribution in [1.29, 1.82) is 0 Å². The second kappa shape index (κ2) is 6.88. The molecule has 2 rings (SSSR count). The van der Waals surface area contributed by atoms with Crippen LogP contribution in [-0.2, 0) is 9.59 Å². The third-order valence-electron chi connectivity index (χ3n) is 3.39. The zero-order chi connectivity index (χ0) is 13.5. The van der Waals surface area contributed by atoms with Crippen molar-refractivity contribution in [2.45, 2.75) is 38.1 Å². The summed E-state index contributed by atoms with van der Waals surface area (Å²) in [7, 11) is 0. The lowest BCUT2D eigenvalue weighted by atomic mass is 9.95. The molecule has 1 aliphatic rings. The van der Waals surface area contributed by atoms with Crippen LogP contribution in [0, 0.1) is 0 Å². The minimum absolute atomic E-state index is 0.176. The van der Waals surface area contributed by atoms with E-state index in [1.807, 2.05) is 30.3 Å². The second-order valence-corrected chi connectivity index (χ2v) is 4.92. The summed E-state index contributed by atoms with van der Waals surface area (Å²) in [6.45, 7) is 0. The Balaban J connectivity index is 1.85. The molecule has 0 saturated heterocycles. The molecule has 19 heavy (non-hydrogen) atoms. The lowest BCUT2D eigenvalue weighted by Gasteiger charge is -2.21. The van der Waals surface area contributed by atoms with Gasteiger partial charge < -0.3 is 5.32 Å². The smallest absolute Gasteiger partial charge is 0.291 e. The Labute approximate surface area is 113 Å². The molecule has 0 bridgehead atoms. The molecule has 1 fully saturated rings.